The molecule has 0 bridgehead atoms. The highest BCUT2D eigenvalue weighted by molar-refractivity contribution is 7.99. The van der Waals surface area contributed by atoms with Crippen molar-refractivity contribution in [3.05, 3.63) is 52.7 Å². The number of nitrogen functional groups attached to an aromatic ring is 1. The van der Waals surface area contributed by atoms with Crippen LogP contribution in [0.3, 0.4) is 0 Å². The number of aromatic nitrogens is 2. The molecule has 5 N–H and O–H groups in total. The van der Waals surface area contributed by atoms with Crippen molar-refractivity contribution in [2.75, 3.05) is 30.0 Å². The SMILES string of the molecule is CS(=N)(=O)c1cccc(Sc2ncc(N3CCC4(CC3)CC3=C(C=CCC3F)[C@H]4N)nc2N)c1Cl. The van der Waals surface area contributed by atoms with Crippen LogP contribution in [0.25, 0.3) is 0 Å². The second-order valence-electron chi connectivity index (χ2n) is 9.52. The van der Waals surface area contributed by atoms with E-state index in [0.717, 1.165) is 43.5 Å². The van der Waals surface area contributed by atoms with E-state index in [2.05, 4.69) is 14.9 Å². The van der Waals surface area contributed by atoms with E-state index in [1.165, 1.54) is 18.0 Å². The Hall–Kier alpha value is -2.14. The van der Waals surface area contributed by atoms with Gasteiger partial charge in [0.2, 0.25) is 0 Å². The third-order valence-corrected chi connectivity index (χ3v) is 10.2. The predicted molar refractivity (Wildman–Crippen MR) is 139 cm³/mol. The lowest BCUT2D eigenvalue weighted by molar-refractivity contribution is 0.199. The van der Waals surface area contributed by atoms with Gasteiger partial charge in [0, 0.05) is 36.7 Å². The van der Waals surface area contributed by atoms with Gasteiger partial charge >= 0.3 is 0 Å². The molecule has 1 aromatic carbocycles. The molecule has 1 saturated heterocycles. The van der Waals surface area contributed by atoms with Crippen LogP contribution in [0.2, 0.25) is 5.02 Å². The third-order valence-electron chi connectivity index (χ3n) is 7.32. The number of rotatable bonds is 4. The van der Waals surface area contributed by atoms with Gasteiger partial charge in [0.05, 0.1) is 25.8 Å². The summed E-state index contributed by atoms with van der Waals surface area (Å²) in [6.45, 7) is 1.50. The Labute approximate surface area is 214 Å². The van der Waals surface area contributed by atoms with Gasteiger partial charge in [0.25, 0.3) is 0 Å². The smallest absolute Gasteiger partial charge is 0.158 e. The third kappa shape index (κ3) is 4.45. The van der Waals surface area contributed by atoms with Gasteiger partial charge in [-0.2, -0.15) is 0 Å². The van der Waals surface area contributed by atoms with Gasteiger partial charge in [0.15, 0.2) is 5.82 Å². The lowest BCUT2D eigenvalue weighted by Crippen LogP contribution is -2.48. The molecule has 0 amide bonds. The molecule has 1 fully saturated rings. The first-order chi connectivity index (χ1) is 16.6. The number of nitrogens with zero attached hydrogens (tertiary/aromatic N) is 3. The summed E-state index contributed by atoms with van der Waals surface area (Å²) in [7, 11) is -2.96. The molecule has 7 nitrogen and oxygen atoms in total. The molecule has 0 saturated carbocycles. The summed E-state index contributed by atoms with van der Waals surface area (Å²) in [6.07, 6.45) is 8.92. The number of halogens is 2. The number of hydrogen-bond acceptors (Lipinski definition) is 8. The quantitative estimate of drug-likeness (QED) is 0.514. The van der Waals surface area contributed by atoms with Crippen molar-refractivity contribution < 1.29 is 8.60 Å². The Balaban J connectivity index is 1.29. The Morgan fingerprint density at radius 1 is 1.34 bits per heavy atom. The van der Waals surface area contributed by atoms with Gasteiger partial charge in [-0.3, -0.25) is 0 Å². The molecular weight excluding hydrogens is 507 g/mol. The van der Waals surface area contributed by atoms with Gasteiger partial charge in [0.1, 0.15) is 17.0 Å². The van der Waals surface area contributed by atoms with Crippen molar-refractivity contribution in [1.29, 1.82) is 4.78 Å². The standard InChI is InChI=1S/C24H28ClFN6OS2/c1-35(29,33)18-7-3-6-17(20(18)25)34-23-22(28)31-19(13-30-23)32-10-8-24(9-11-32)12-15-14(21(24)27)4-2-5-16(15)26/h2-4,6-7,13,16,21,29H,5,8-12,27H2,1H3,(H2,28,31)/t16?,21-,35?/m1/s1. The van der Waals surface area contributed by atoms with Gasteiger partial charge in [-0.1, -0.05) is 41.6 Å². The van der Waals surface area contributed by atoms with Crippen molar-refractivity contribution in [3.63, 3.8) is 0 Å². The molecule has 3 atom stereocenters. The number of piperidine rings is 1. The fraction of sp³-hybridized carbons (Fsp3) is 0.417. The highest BCUT2D eigenvalue weighted by Crippen LogP contribution is 2.51. The maximum absolute atomic E-state index is 14.5. The van der Waals surface area contributed by atoms with Crippen LogP contribution in [-0.2, 0) is 9.73 Å². The monoisotopic (exact) mass is 534 g/mol. The van der Waals surface area contributed by atoms with Gasteiger partial charge in [-0.25, -0.2) is 23.3 Å². The van der Waals surface area contributed by atoms with E-state index >= 15 is 0 Å². The lowest BCUT2D eigenvalue weighted by atomic mass is 9.72. The Bertz CT molecular complexity index is 1340. The number of hydrogen-bond donors (Lipinski definition) is 3. The maximum atomic E-state index is 14.5. The molecule has 35 heavy (non-hydrogen) atoms. The Morgan fingerprint density at radius 3 is 2.74 bits per heavy atom. The van der Waals surface area contributed by atoms with E-state index in [-0.39, 0.29) is 27.2 Å². The van der Waals surface area contributed by atoms with Crippen LogP contribution in [-0.4, -0.2) is 45.7 Å². The Kier molecular flexibility index (Phi) is 6.36. The van der Waals surface area contributed by atoms with Crippen LogP contribution in [0, 0.1) is 10.2 Å². The minimum atomic E-state index is -2.96. The molecular formula is C24H28ClFN6OS2. The van der Waals surface area contributed by atoms with E-state index < -0.39 is 15.9 Å². The van der Waals surface area contributed by atoms with Crippen LogP contribution >= 0.6 is 23.4 Å². The number of nitrogens with two attached hydrogens (primary N) is 2. The summed E-state index contributed by atoms with van der Waals surface area (Å²) >= 11 is 7.65. The zero-order valence-corrected chi connectivity index (χ0v) is 21.7. The first kappa shape index (κ1) is 24.5. The largest absolute Gasteiger partial charge is 0.381 e. The molecule has 2 unspecified atom stereocenters. The predicted octanol–water partition coefficient (Wildman–Crippen LogP) is 4.81. The highest BCUT2D eigenvalue weighted by Gasteiger charge is 2.48. The van der Waals surface area contributed by atoms with Crippen molar-refractivity contribution in [2.24, 2.45) is 11.1 Å². The summed E-state index contributed by atoms with van der Waals surface area (Å²) in [5.41, 5.74) is 14.7. The van der Waals surface area contributed by atoms with Crippen LogP contribution in [0.15, 0.2) is 62.5 Å². The molecule has 186 valence electrons. The van der Waals surface area contributed by atoms with E-state index in [1.54, 1.807) is 24.4 Å². The molecule has 11 heteroatoms. The van der Waals surface area contributed by atoms with E-state index in [9.17, 15) is 8.60 Å². The number of nitrogens with one attached hydrogen (secondary N) is 1. The van der Waals surface area contributed by atoms with Crippen molar-refractivity contribution in [1.82, 2.24) is 9.97 Å². The number of anilines is 2. The molecule has 3 aliphatic rings. The van der Waals surface area contributed by atoms with Crippen LogP contribution in [0.4, 0.5) is 16.0 Å². The van der Waals surface area contributed by atoms with E-state index in [0.29, 0.717) is 22.2 Å². The summed E-state index contributed by atoms with van der Waals surface area (Å²) in [5.74, 6) is 0.967. The molecule has 1 spiro atoms. The van der Waals surface area contributed by atoms with Gasteiger partial charge < -0.3 is 16.4 Å². The molecule has 2 aromatic rings. The zero-order chi connectivity index (χ0) is 25.0. The van der Waals surface area contributed by atoms with Gasteiger partial charge in [-0.05, 0) is 48.0 Å². The summed E-state index contributed by atoms with van der Waals surface area (Å²) in [6, 6.07) is 4.95. The molecule has 1 aliphatic heterocycles. The molecule has 2 heterocycles. The highest BCUT2D eigenvalue weighted by atomic mass is 35.5. The van der Waals surface area contributed by atoms with E-state index in [4.69, 9.17) is 27.8 Å². The lowest BCUT2D eigenvalue weighted by Gasteiger charge is -2.43. The fourth-order valence-corrected chi connectivity index (χ4v) is 7.69. The summed E-state index contributed by atoms with van der Waals surface area (Å²) in [4.78, 5) is 12.2. The van der Waals surface area contributed by atoms with Crippen molar-refractivity contribution in [3.8, 4) is 0 Å². The fourth-order valence-electron chi connectivity index (χ4n) is 5.34. The number of benzene rings is 1. The normalized spacial score (nSPS) is 25.1. The van der Waals surface area contributed by atoms with Crippen LogP contribution < -0.4 is 16.4 Å². The van der Waals surface area contributed by atoms with Crippen molar-refractivity contribution in [2.45, 2.75) is 52.7 Å². The molecule has 0 radical (unpaired) electrons. The molecule has 5 rings (SSSR count). The average molecular weight is 535 g/mol. The van der Waals surface area contributed by atoms with Gasteiger partial charge in [-0.15, -0.1) is 0 Å². The zero-order valence-electron chi connectivity index (χ0n) is 19.3. The van der Waals surface area contributed by atoms with E-state index in [1.807, 2.05) is 12.2 Å². The minimum absolute atomic E-state index is 0.105. The van der Waals surface area contributed by atoms with Crippen LogP contribution in [0.5, 0.6) is 0 Å². The van der Waals surface area contributed by atoms with Crippen molar-refractivity contribution >= 4 is 44.7 Å². The maximum Gasteiger partial charge on any atom is 0.158 e. The molecule has 1 aromatic heterocycles. The molecule has 2 aliphatic carbocycles. The van der Waals surface area contributed by atoms with Crippen LogP contribution in [0.1, 0.15) is 25.7 Å². The second kappa shape index (κ2) is 9.06. The Morgan fingerprint density at radius 2 is 2.09 bits per heavy atom. The topological polar surface area (TPSA) is 122 Å². The first-order valence-corrected chi connectivity index (χ1v) is 14.6. The second-order valence-corrected chi connectivity index (χ2v) is 13.1. The first-order valence-electron chi connectivity index (χ1n) is 11.5. The minimum Gasteiger partial charge on any atom is -0.381 e. The average Bonchev–Trinajstić information content (AvgIpc) is 3.09. The number of allylic oxidation sites excluding steroid dienone is 2. The number of alkyl halides is 1. The summed E-state index contributed by atoms with van der Waals surface area (Å²) in [5, 5.41) is 0.755. The summed E-state index contributed by atoms with van der Waals surface area (Å²) < 4.78 is 34.5.